The van der Waals surface area contributed by atoms with E-state index in [1.165, 1.54) is 19.1 Å². The van der Waals surface area contributed by atoms with Gasteiger partial charge in [0.05, 0.1) is 31.4 Å². The van der Waals surface area contributed by atoms with Gasteiger partial charge in [-0.2, -0.15) is 0 Å². The zero-order valence-corrected chi connectivity index (χ0v) is 31.9. The molecule has 4 fully saturated rings. The van der Waals surface area contributed by atoms with Crippen LogP contribution in [-0.4, -0.2) is 117 Å². The number of amides is 4. The highest BCUT2D eigenvalue weighted by Gasteiger charge is 2.45. The van der Waals surface area contributed by atoms with Gasteiger partial charge >= 0.3 is 17.9 Å². The van der Waals surface area contributed by atoms with Gasteiger partial charge in [-0.25, -0.2) is 9.59 Å². The van der Waals surface area contributed by atoms with E-state index in [0.29, 0.717) is 43.6 Å². The van der Waals surface area contributed by atoms with Gasteiger partial charge in [-0.15, -0.1) is 23.5 Å². The first-order valence-electron chi connectivity index (χ1n) is 18.4. The van der Waals surface area contributed by atoms with E-state index in [9.17, 15) is 38.7 Å². The number of hydrogen-bond donors (Lipinski definition) is 3. The Balaban J connectivity index is 1.30. The number of carboxylic acid groups (broad SMARTS) is 1. The number of hydrogen-bond acceptors (Lipinski definition) is 11. The van der Waals surface area contributed by atoms with E-state index in [0.717, 1.165) is 24.8 Å². The number of ether oxygens (including phenoxy) is 2. The number of piperidine rings is 2. The zero-order chi connectivity index (χ0) is 38.1. The fourth-order valence-corrected chi connectivity index (χ4v) is 10.6. The first kappa shape index (κ1) is 40.4. The molecule has 0 spiro atoms. The topological polar surface area (TPSA) is 189 Å². The minimum absolute atomic E-state index is 0.0307. The molecular formula is C37H50N4O10S2. The van der Waals surface area contributed by atoms with Crippen LogP contribution in [0.15, 0.2) is 30.3 Å². The Morgan fingerprint density at radius 1 is 0.736 bits per heavy atom. The number of rotatable bonds is 13. The molecule has 0 bridgehead atoms. The highest BCUT2D eigenvalue weighted by atomic mass is 32.2. The Morgan fingerprint density at radius 2 is 1.21 bits per heavy atom. The molecule has 14 nitrogen and oxygen atoms in total. The Hall–Kier alpha value is -3.79. The van der Waals surface area contributed by atoms with Gasteiger partial charge in [0.1, 0.15) is 24.2 Å². The van der Waals surface area contributed by atoms with E-state index in [4.69, 9.17) is 9.47 Å². The maximum Gasteiger partial charge on any atom is 0.328 e. The monoisotopic (exact) mass is 774 g/mol. The maximum absolute atomic E-state index is 14.1. The maximum atomic E-state index is 14.1. The first-order chi connectivity index (χ1) is 25.5. The van der Waals surface area contributed by atoms with Gasteiger partial charge in [-0.3, -0.25) is 24.0 Å². The molecule has 4 aliphatic heterocycles. The zero-order valence-electron chi connectivity index (χ0n) is 30.2. The van der Waals surface area contributed by atoms with Gasteiger partial charge in [-0.05, 0) is 87.7 Å². The second-order valence-electron chi connectivity index (χ2n) is 14.0. The van der Waals surface area contributed by atoms with E-state index in [1.54, 1.807) is 28.4 Å². The summed E-state index contributed by atoms with van der Waals surface area (Å²) in [6, 6.07) is 6.00. The van der Waals surface area contributed by atoms with Crippen molar-refractivity contribution in [2.75, 3.05) is 25.7 Å². The van der Waals surface area contributed by atoms with Crippen LogP contribution in [0.1, 0.15) is 76.2 Å². The number of fused-ring (bicyclic) bond motifs is 2. The summed E-state index contributed by atoms with van der Waals surface area (Å²) in [6.45, 7) is 0. The number of carbonyl (C=O) groups is 7. The van der Waals surface area contributed by atoms with Crippen LogP contribution in [-0.2, 0) is 49.5 Å². The number of carboxylic acids is 1. The van der Waals surface area contributed by atoms with Gasteiger partial charge in [0, 0.05) is 11.8 Å². The fourth-order valence-electron chi connectivity index (χ4n) is 7.84. The smallest absolute Gasteiger partial charge is 0.328 e. The predicted molar refractivity (Wildman–Crippen MR) is 197 cm³/mol. The van der Waals surface area contributed by atoms with Crippen LogP contribution >= 0.6 is 23.5 Å². The van der Waals surface area contributed by atoms with Gasteiger partial charge in [0.15, 0.2) is 0 Å². The van der Waals surface area contributed by atoms with Crippen LogP contribution in [0.3, 0.4) is 0 Å². The minimum Gasteiger partial charge on any atom is -0.481 e. The molecule has 8 unspecified atom stereocenters. The van der Waals surface area contributed by atoms with Gasteiger partial charge < -0.3 is 35.0 Å². The number of aliphatic carboxylic acids is 1. The molecule has 0 radical (unpaired) electrons. The first-order valence-corrected chi connectivity index (χ1v) is 20.5. The number of nitrogens with one attached hydrogen (secondary N) is 2. The lowest BCUT2D eigenvalue weighted by atomic mass is 9.88. The summed E-state index contributed by atoms with van der Waals surface area (Å²) in [5, 5.41) is 15.1. The van der Waals surface area contributed by atoms with Crippen molar-refractivity contribution < 1.29 is 48.1 Å². The van der Waals surface area contributed by atoms with Crippen LogP contribution in [0.4, 0.5) is 0 Å². The van der Waals surface area contributed by atoms with Crippen LogP contribution in [0.5, 0.6) is 0 Å². The predicted octanol–water partition coefficient (Wildman–Crippen LogP) is 2.72. The Bertz CT molecular complexity index is 1520. The fraction of sp³-hybridized carbons (Fsp3) is 0.649. The number of esters is 2. The van der Waals surface area contributed by atoms with Gasteiger partial charge in [0.25, 0.3) is 0 Å². The van der Waals surface area contributed by atoms with E-state index in [2.05, 4.69) is 10.6 Å². The number of thioether (sulfide) groups is 2. The summed E-state index contributed by atoms with van der Waals surface area (Å²) in [6.07, 6.45) is 4.56. The normalized spacial score (nSPS) is 27.1. The molecular weight excluding hydrogens is 725 g/mol. The molecule has 16 heteroatoms. The highest BCUT2D eigenvalue weighted by molar-refractivity contribution is 8.00. The Morgan fingerprint density at radius 3 is 1.68 bits per heavy atom. The molecule has 8 atom stereocenters. The largest absolute Gasteiger partial charge is 0.481 e. The number of carbonyl (C=O) groups excluding carboxylic acids is 6. The second-order valence-corrected chi connectivity index (χ2v) is 16.6. The molecule has 1 aromatic carbocycles. The third kappa shape index (κ3) is 10.0. The third-order valence-corrected chi connectivity index (χ3v) is 13.3. The average Bonchev–Trinajstić information content (AvgIpc) is 3.42. The van der Waals surface area contributed by atoms with E-state index in [1.807, 2.05) is 30.3 Å². The Kier molecular flexibility index (Phi) is 14.5. The SMILES string of the molecule is COC(=O)C1CCCC2SCCC(NC(=O)C(CCC(Cc3ccccc3)C(=O)NC3CCSC4CCCC(C(=O)OC)N4C3=O)CC(=O)O)C(=O)N21. The summed E-state index contributed by atoms with van der Waals surface area (Å²) in [5.41, 5.74) is 0.856. The van der Waals surface area contributed by atoms with Crippen molar-refractivity contribution in [3.05, 3.63) is 35.9 Å². The molecule has 290 valence electrons. The van der Waals surface area contributed by atoms with Crippen molar-refractivity contribution in [2.24, 2.45) is 11.8 Å². The number of nitrogens with zero attached hydrogens (tertiary/aromatic N) is 2. The van der Waals surface area contributed by atoms with Crippen LogP contribution in [0.2, 0.25) is 0 Å². The molecule has 1 aromatic rings. The summed E-state index contributed by atoms with van der Waals surface area (Å²) >= 11 is 3.14. The quantitative estimate of drug-likeness (QED) is 0.249. The van der Waals surface area contributed by atoms with Gasteiger partial charge in [-0.1, -0.05) is 30.3 Å². The molecule has 4 amide bonds. The number of benzene rings is 1. The Labute approximate surface area is 318 Å². The van der Waals surface area contributed by atoms with Crippen molar-refractivity contribution in [3.63, 3.8) is 0 Å². The second kappa shape index (κ2) is 19.0. The van der Waals surface area contributed by atoms with E-state index in [-0.39, 0.29) is 35.9 Å². The molecule has 0 aliphatic carbocycles. The lowest BCUT2D eigenvalue weighted by molar-refractivity contribution is -0.156. The summed E-state index contributed by atoms with van der Waals surface area (Å²) in [7, 11) is 2.57. The average molecular weight is 775 g/mol. The van der Waals surface area contributed by atoms with Crippen molar-refractivity contribution in [1.29, 1.82) is 0 Å². The minimum atomic E-state index is -1.20. The molecule has 4 heterocycles. The van der Waals surface area contributed by atoms with Crippen molar-refractivity contribution in [2.45, 2.75) is 112 Å². The lowest BCUT2D eigenvalue weighted by Crippen LogP contribution is -2.58. The van der Waals surface area contributed by atoms with Crippen molar-refractivity contribution in [1.82, 2.24) is 20.4 Å². The molecule has 5 rings (SSSR count). The van der Waals surface area contributed by atoms with Crippen LogP contribution in [0, 0.1) is 11.8 Å². The summed E-state index contributed by atoms with van der Waals surface area (Å²) < 4.78 is 9.98. The molecule has 0 aromatic heterocycles. The molecule has 4 aliphatic rings. The van der Waals surface area contributed by atoms with Crippen LogP contribution < -0.4 is 10.6 Å². The van der Waals surface area contributed by atoms with Gasteiger partial charge in [0.2, 0.25) is 23.6 Å². The molecule has 0 saturated carbocycles. The lowest BCUT2D eigenvalue weighted by Gasteiger charge is -2.40. The summed E-state index contributed by atoms with van der Waals surface area (Å²) in [4.78, 5) is 95.9. The third-order valence-electron chi connectivity index (χ3n) is 10.6. The highest BCUT2D eigenvalue weighted by Crippen LogP contribution is 2.36. The van der Waals surface area contributed by atoms with E-state index >= 15 is 0 Å². The molecule has 53 heavy (non-hydrogen) atoms. The molecule has 3 N–H and O–H groups in total. The van der Waals surface area contributed by atoms with E-state index < -0.39 is 78.1 Å². The van der Waals surface area contributed by atoms with Crippen molar-refractivity contribution >= 4 is 65.1 Å². The standard InChI is InChI=1S/C37H50N4O10S2/c1-50-36(48)27-10-6-12-29-40(27)34(46)25(16-18-52-29)38-32(44)23(20-22-8-4-3-5-9-22)14-15-24(21-31(42)43)33(45)39-26-17-19-53-30-13-7-11-28(37(49)51-2)41(30)35(26)47/h3-5,8-9,23-30H,6-7,10-21H2,1-2H3,(H,38,44)(H,39,45)(H,42,43). The number of methoxy groups -OCH3 is 2. The van der Waals surface area contributed by atoms with Crippen LogP contribution in [0.25, 0.3) is 0 Å². The molecule has 4 saturated heterocycles. The summed E-state index contributed by atoms with van der Waals surface area (Å²) in [5.74, 6) is -4.54. The van der Waals surface area contributed by atoms with Crippen molar-refractivity contribution in [3.8, 4) is 0 Å².